The van der Waals surface area contributed by atoms with Crippen LogP contribution in [-0.4, -0.2) is 6.88 Å². The van der Waals surface area contributed by atoms with Crippen LogP contribution < -0.4 is 0 Å². The first-order valence-corrected chi connectivity index (χ1v) is 20.3. The van der Waals surface area contributed by atoms with Crippen LogP contribution in [0.4, 0.5) is 0 Å². The zero-order chi connectivity index (χ0) is 18.6. The summed E-state index contributed by atoms with van der Waals surface area (Å²) in [5.74, 6) is 0. The first-order chi connectivity index (χ1) is 12.4. The second-order valence-electron chi connectivity index (χ2n) is 8.39. The third-order valence-electron chi connectivity index (χ3n) is 6.80. The molecule has 0 spiro atoms. The van der Waals surface area contributed by atoms with Gasteiger partial charge in [-0.15, -0.1) is 24.8 Å². The smallest absolute Gasteiger partial charge is 0.147 e. The molecule has 2 atom stereocenters. The predicted molar refractivity (Wildman–Crippen MR) is 129 cm³/mol. The van der Waals surface area contributed by atoms with Crippen LogP contribution in [0.3, 0.4) is 0 Å². The standard InChI is InChI=1S/2C11H11.C2H5.2ClH.H2Si.Zr/c2*1-8-6-10-5-3-4-9(2)11(10)7-8;1-2;;;;/h2*3-7H,1-2H3;1H2,2H3;2*1H;1H2;. The van der Waals surface area contributed by atoms with Gasteiger partial charge in [-0.25, -0.2) is 0 Å². The van der Waals surface area contributed by atoms with Crippen LogP contribution in [-0.2, 0) is 18.9 Å². The number of benzene rings is 2. The van der Waals surface area contributed by atoms with E-state index in [0.717, 1.165) is 0 Å². The average molecular weight is 510 g/mol. The summed E-state index contributed by atoms with van der Waals surface area (Å²) in [6.07, 6.45) is 4.99. The summed E-state index contributed by atoms with van der Waals surface area (Å²) >= 11 is -2.59. The van der Waals surface area contributed by atoms with Gasteiger partial charge in [0, 0.05) is 0 Å². The monoisotopic (exact) mass is 507 g/mol. The van der Waals surface area contributed by atoms with Gasteiger partial charge < -0.3 is 0 Å². The molecule has 4 heteroatoms. The summed E-state index contributed by atoms with van der Waals surface area (Å²) in [6, 6.07) is 13.9. The van der Waals surface area contributed by atoms with E-state index in [-0.39, 0.29) is 24.8 Å². The van der Waals surface area contributed by atoms with Gasteiger partial charge in [-0.2, -0.15) is 0 Å². The Morgan fingerprint density at radius 2 is 1.14 bits per heavy atom. The normalized spacial score (nSPS) is 21.5. The SMILES string of the molecule is C[CH2][Zr](=[SiH2])([CH]1C(C)=Cc2c(C)cccc21)[CH]1C(C)=Cc2c(C)cccc21.Cl.Cl. The molecule has 0 radical (unpaired) electrons. The maximum atomic E-state index is 2.50. The summed E-state index contributed by atoms with van der Waals surface area (Å²) in [5.41, 5.74) is 12.4. The molecule has 2 aromatic rings. The fraction of sp³-hybridized carbons (Fsp3) is 0.333. The molecule has 28 heavy (non-hydrogen) atoms. The molecule has 0 bridgehead atoms. The van der Waals surface area contributed by atoms with E-state index in [1.807, 2.05) is 0 Å². The number of hydrogen-bond donors (Lipinski definition) is 0. The molecule has 0 fully saturated rings. The molecule has 0 saturated carbocycles. The molecule has 2 aliphatic carbocycles. The number of hydrogen-bond acceptors (Lipinski definition) is 0. The van der Waals surface area contributed by atoms with Gasteiger partial charge in [-0.3, -0.25) is 0 Å². The molecule has 2 aliphatic rings. The Morgan fingerprint density at radius 1 is 0.750 bits per heavy atom. The zero-order valence-electron chi connectivity index (χ0n) is 17.5. The Labute approximate surface area is 188 Å². The molecular formula is C24H31Cl2SiZr. The Balaban J connectivity index is 0.00000140. The summed E-state index contributed by atoms with van der Waals surface area (Å²) < 4.78 is 2.81. The van der Waals surface area contributed by atoms with E-state index in [1.54, 1.807) is 22.3 Å². The van der Waals surface area contributed by atoms with Crippen molar-refractivity contribution in [2.75, 3.05) is 0 Å². The van der Waals surface area contributed by atoms with Gasteiger partial charge in [-0.1, -0.05) is 0 Å². The van der Waals surface area contributed by atoms with Crippen molar-refractivity contribution in [3.05, 3.63) is 80.9 Å². The Kier molecular flexibility index (Phi) is 7.47. The Bertz CT molecular complexity index is 942. The molecule has 0 nitrogen and oxygen atoms in total. The van der Waals surface area contributed by atoms with Gasteiger partial charge >= 0.3 is 165 Å². The van der Waals surface area contributed by atoms with Crippen molar-refractivity contribution < 1.29 is 18.9 Å². The van der Waals surface area contributed by atoms with Crippen molar-refractivity contribution in [3.63, 3.8) is 0 Å². The first-order valence-electron chi connectivity index (χ1n) is 9.79. The van der Waals surface area contributed by atoms with Crippen molar-refractivity contribution in [1.82, 2.24) is 0 Å². The van der Waals surface area contributed by atoms with E-state index < -0.39 is 18.9 Å². The van der Waals surface area contributed by atoms with Crippen LogP contribution in [0.25, 0.3) is 12.2 Å². The number of aryl methyl sites for hydroxylation is 2. The summed E-state index contributed by atoms with van der Waals surface area (Å²) in [5, 5.41) is 0. The molecule has 0 heterocycles. The summed E-state index contributed by atoms with van der Waals surface area (Å²) in [7, 11) is 0. The minimum atomic E-state index is -2.59. The summed E-state index contributed by atoms with van der Waals surface area (Å²) in [4.78, 5) is 0. The Morgan fingerprint density at radius 3 is 1.50 bits per heavy atom. The molecule has 0 N–H and O–H groups in total. The number of halogens is 2. The van der Waals surface area contributed by atoms with E-state index in [9.17, 15) is 0 Å². The average Bonchev–Trinajstić information content (AvgIpc) is 3.13. The fourth-order valence-corrected chi connectivity index (χ4v) is 23.9. The predicted octanol–water partition coefficient (Wildman–Crippen LogP) is 6.90. The van der Waals surface area contributed by atoms with Crippen LogP contribution in [0.15, 0.2) is 47.5 Å². The third kappa shape index (κ3) is 3.49. The van der Waals surface area contributed by atoms with E-state index in [1.165, 1.54) is 26.4 Å². The molecule has 0 amide bonds. The molecule has 0 aliphatic heterocycles. The molecule has 2 aromatic carbocycles. The van der Waals surface area contributed by atoms with Crippen molar-refractivity contribution >= 4 is 43.8 Å². The van der Waals surface area contributed by atoms with E-state index in [0.29, 0.717) is 7.25 Å². The first kappa shape index (κ1) is 23.9. The van der Waals surface area contributed by atoms with Crippen LogP contribution in [0.1, 0.15) is 61.4 Å². The maximum Gasteiger partial charge on any atom is -0.147 e. The minimum absolute atomic E-state index is 0. The Hall–Kier alpha value is -0.400. The topological polar surface area (TPSA) is 0 Å². The quantitative estimate of drug-likeness (QED) is 0.395. The van der Waals surface area contributed by atoms with Crippen molar-refractivity contribution in [1.29, 1.82) is 0 Å². The van der Waals surface area contributed by atoms with Gasteiger partial charge in [0.1, 0.15) is 0 Å². The van der Waals surface area contributed by atoms with E-state index in [4.69, 9.17) is 0 Å². The van der Waals surface area contributed by atoms with Gasteiger partial charge in [-0.05, 0) is 0 Å². The third-order valence-corrected chi connectivity index (χ3v) is 27.2. The minimum Gasteiger partial charge on any atom is -0.147 e. The number of allylic oxidation sites excluding steroid dienone is 2. The molecular weight excluding hydrogens is 478 g/mol. The summed E-state index contributed by atoms with van der Waals surface area (Å²) in [6.45, 7) is 14.3. The number of rotatable bonds is 3. The second-order valence-corrected chi connectivity index (χ2v) is 26.8. The molecule has 4 rings (SSSR count). The molecule has 0 aromatic heterocycles. The van der Waals surface area contributed by atoms with Gasteiger partial charge in [0.05, 0.1) is 0 Å². The van der Waals surface area contributed by atoms with Crippen LogP contribution in [0.2, 0.25) is 4.13 Å². The van der Waals surface area contributed by atoms with Gasteiger partial charge in [0.15, 0.2) is 0 Å². The number of fused-ring (bicyclic) bond motifs is 2. The molecule has 2 unspecified atom stereocenters. The fourth-order valence-electron chi connectivity index (χ4n) is 5.52. The maximum absolute atomic E-state index is 2.59. The second kappa shape index (κ2) is 8.76. The van der Waals surface area contributed by atoms with E-state index in [2.05, 4.69) is 90.0 Å². The van der Waals surface area contributed by atoms with Crippen molar-refractivity contribution in [2.24, 2.45) is 0 Å². The largest absolute Gasteiger partial charge is 0.147 e. The van der Waals surface area contributed by atoms with Crippen molar-refractivity contribution in [3.8, 4) is 0 Å². The van der Waals surface area contributed by atoms with E-state index >= 15 is 0 Å². The van der Waals surface area contributed by atoms with Crippen LogP contribution in [0.5, 0.6) is 0 Å². The van der Waals surface area contributed by atoms with Crippen LogP contribution in [0, 0.1) is 13.8 Å². The zero-order valence-corrected chi connectivity index (χ0v) is 23.0. The van der Waals surface area contributed by atoms with Gasteiger partial charge in [0.2, 0.25) is 0 Å². The van der Waals surface area contributed by atoms with Crippen molar-refractivity contribution in [2.45, 2.75) is 46.0 Å². The molecule has 149 valence electrons. The molecule has 0 saturated heterocycles. The van der Waals surface area contributed by atoms with Gasteiger partial charge in [0.25, 0.3) is 0 Å². The van der Waals surface area contributed by atoms with Crippen LogP contribution >= 0.6 is 24.8 Å².